The molecule has 28 heavy (non-hydrogen) atoms. The molecule has 2 aromatic rings. The number of furan rings is 1. The lowest BCUT2D eigenvalue weighted by Gasteiger charge is -2.28. The number of likely N-dealkylation sites (N-methyl/N-ethyl adjacent to an activating group) is 1. The molecule has 0 atom stereocenters. The van der Waals surface area contributed by atoms with Crippen LogP contribution in [0.3, 0.4) is 0 Å². The number of aliphatic imine (C=N–C) groups is 1. The minimum atomic E-state index is -0.0868. The van der Waals surface area contributed by atoms with Crippen LogP contribution in [0.25, 0.3) is 6.08 Å². The zero-order valence-electron chi connectivity index (χ0n) is 15.0. The molecule has 1 aromatic carbocycles. The first-order valence-electron chi connectivity index (χ1n) is 8.65. The molecule has 2 aliphatic heterocycles. The molecule has 0 saturated carbocycles. The second kappa shape index (κ2) is 8.60. The third-order valence-corrected chi connectivity index (χ3v) is 7.58. The van der Waals surface area contributed by atoms with Crippen LogP contribution in [-0.2, 0) is 9.53 Å². The second-order valence-corrected chi connectivity index (χ2v) is 9.10. The molecule has 1 aromatic heterocycles. The summed E-state index contributed by atoms with van der Waals surface area (Å²) in [6.07, 6.45) is 1.75. The van der Waals surface area contributed by atoms with Gasteiger partial charge in [-0.05, 0) is 58.0 Å². The summed E-state index contributed by atoms with van der Waals surface area (Å²) in [5.74, 6) is 0.549. The van der Waals surface area contributed by atoms with Crippen molar-refractivity contribution in [3.05, 3.63) is 49.2 Å². The maximum Gasteiger partial charge on any atom is 0.266 e. The molecule has 2 saturated heterocycles. The molecular formula is C19H17BrIN3O3S. The summed E-state index contributed by atoms with van der Waals surface area (Å²) in [7, 11) is 1.74. The monoisotopic (exact) mass is 573 g/mol. The van der Waals surface area contributed by atoms with Gasteiger partial charge >= 0.3 is 0 Å². The van der Waals surface area contributed by atoms with Crippen LogP contribution in [0.5, 0.6) is 0 Å². The van der Waals surface area contributed by atoms with Gasteiger partial charge in [-0.1, -0.05) is 0 Å². The number of amides is 1. The molecule has 0 aliphatic carbocycles. The van der Waals surface area contributed by atoms with Crippen LogP contribution in [0.1, 0.15) is 5.76 Å². The third kappa shape index (κ3) is 4.32. The Labute approximate surface area is 189 Å². The van der Waals surface area contributed by atoms with E-state index in [2.05, 4.69) is 60.5 Å². The number of rotatable bonds is 3. The Morgan fingerprint density at radius 2 is 1.96 bits per heavy atom. The Hall–Kier alpha value is -1.30. The van der Waals surface area contributed by atoms with E-state index in [0.717, 1.165) is 45.9 Å². The number of ether oxygens (including phenoxy) is 1. The van der Waals surface area contributed by atoms with Gasteiger partial charge in [-0.15, -0.1) is 0 Å². The van der Waals surface area contributed by atoms with Crippen molar-refractivity contribution in [2.75, 3.05) is 38.3 Å². The van der Waals surface area contributed by atoms with Crippen molar-refractivity contribution < 1.29 is 13.9 Å². The van der Waals surface area contributed by atoms with Crippen LogP contribution in [0.4, 0.5) is 11.4 Å². The molecule has 2 fully saturated rings. The molecule has 9 heteroatoms. The van der Waals surface area contributed by atoms with E-state index in [-0.39, 0.29) is 5.91 Å². The summed E-state index contributed by atoms with van der Waals surface area (Å²) in [6, 6.07) is 9.92. The Morgan fingerprint density at radius 1 is 1.25 bits per heavy atom. The zero-order chi connectivity index (χ0) is 19.7. The lowest BCUT2D eigenvalue weighted by Crippen LogP contribution is -2.36. The standard InChI is InChI=1S/C19H17BrIN3O3S/c1-23-18(25)16(11-14-10-15(20)17(21)27-14)28-19(23)22-12-2-4-13(5-3-12)24-6-8-26-9-7-24/h2-5,10-11H,6-9H2,1H3/b16-11-,22-19?. The quantitative estimate of drug-likeness (QED) is 0.393. The van der Waals surface area contributed by atoms with E-state index in [1.807, 2.05) is 18.2 Å². The highest BCUT2D eigenvalue weighted by atomic mass is 127. The number of morpholine rings is 1. The van der Waals surface area contributed by atoms with E-state index in [1.54, 1.807) is 18.0 Å². The number of hydrogen-bond donors (Lipinski definition) is 0. The lowest BCUT2D eigenvalue weighted by atomic mass is 10.2. The SMILES string of the molecule is CN1C(=O)/C(=C/c2cc(Br)c(I)o2)SC1=Nc1ccc(N2CCOCC2)cc1. The first-order valence-corrected chi connectivity index (χ1v) is 11.3. The van der Waals surface area contributed by atoms with E-state index in [0.29, 0.717) is 15.8 Å². The second-order valence-electron chi connectivity index (χ2n) is 6.26. The number of halogens is 2. The number of carbonyl (C=O) groups excluding carboxylic acids is 1. The van der Waals surface area contributed by atoms with Gasteiger partial charge in [-0.3, -0.25) is 9.69 Å². The summed E-state index contributed by atoms with van der Waals surface area (Å²) in [4.78, 5) is 21.6. The number of carbonyl (C=O) groups is 1. The van der Waals surface area contributed by atoms with Crippen molar-refractivity contribution in [2.45, 2.75) is 0 Å². The maximum atomic E-state index is 12.5. The zero-order valence-corrected chi connectivity index (χ0v) is 19.6. The number of benzene rings is 1. The molecule has 4 rings (SSSR count). The van der Waals surface area contributed by atoms with Crippen LogP contribution in [0.2, 0.25) is 0 Å². The normalized spacial score (nSPS) is 20.6. The smallest absolute Gasteiger partial charge is 0.266 e. The average Bonchev–Trinajstić information content (AvgIpc) is 3.16. The van der Waals surface area contributed by atoms with Gasteiger partial charge in [0.2, 0.25) is 0 Å². The number of nitrogens with zero attached hydrogens (tertiary/aromatic N) is 3. The Bertz CT molecular complexity index is 932. The molecule has 0 unspecified atom stereocenters. The van der Waals surface area contributed by atoms with E-state index in [9.17, 15) is 4.79 Å². The number of hydrogen-bond acceptors (Lipinski definition) is 6. The van der Waals surface area contributed by atoms with E-state index in [4.69, 9.17) is 9.15 Å². The van der Waals surface area contributed by atoms with Crippen LogP contribution in [0, 0.1) is 3.77 Å². The van der Waals surface area contributed by atoms with Crippen molar-refractivity contribution in [2.24, 2.45) is 4.99 Å². The molecule has 0 radical (unpaired) electrons. The predicted octanol–water partition coefficient (Wildman–Crippen LogP) is 4.72. The van der Waals surface area contributed by atoms with E-state index in [1.165, 1.54) is 11.8 Å². The molecule has 1 amide bonds. The van der Waals surface area contributed by atoms with Gasteiger partial charge in [-0.25, -0.2) is 4.99 Å². The first kappa shape index (κ1) is 20.0. The van der Waals surface area contributed by atoms with Crippen LogP contribution < -0.4 is 4.90 Å². The number of amidine groups is 1. The van der Waals surface area contributed by atoms with E-state index >= 15 is 0 Å². The topological polar surface area (TPSA) is 58.3 Å². The van der Waals surface area contributed by atoms with Crippen LogP contribution in [-0.4, -0.2) is 49.3 Å². The third-order valence-electron chi connectivity index (χ3n) is 4.39. The largest absolute Gasteiger partial charge is 0.450 e. The lowest BCUT2D eigenvalue weighted by molar-refractivity contribution is -0.121. The van der Waals surface area contributed by atoms with Gasteiger partial charge in [-0.2, -0.15) is 0 Å². The molecule has 2 aliphatic rings. The van der Waals surface area contributed by atoms with Crippen molar-refractivity contribution >= 4 is 78.8 Å². The summed E-state index contributed by atoms with van der Waals surface area (Å²) in [5, 5.41) is 0.649. The van der Waals surface area contributed by atoms with Crippen molar-refractivity contribution in [3.8, 4) is 0 Å². The van der Waals surface area contributed by atoms with Crippen molar-refractivity contribution in [1.82, 2.24) is 4.90 Å². The molecule has 3 heterocycles. The minimum Gasteiger partial charge on any atom is -0.450 e. The van der Waals surface area contributed by atoms with Crippen molar-refractivity contribution in [3.63, 3.8) is 0 Å². The summed E-state index contributed by atoms with van der Waals surface area (Å²) in [5.41, 5.74) is 1.98. The van der Waals surface area contributed by atoms with Crippen LogP contribution >= 0.6 is 50.3 Å². The van der Waals surface area contributed by atoms with Crippen molar-refractivity contribution in [1.29, 1.82) is 0 Å². The fraction of sp³-hybridized carbons (Fsp3) is 0.263. The summed E-state index contributed by atoms with van der Waals surface area (Å²) >= 11 is 6.86. The van der Waals surface area contributed by atoms with Gasteiger partial charge < -0.3 is 14.1 Å². The highest BCUT2D eigenvalue weighted by Crippen LogP contribution is 2.34. The summed E-state index contributed by atoms with van der Waals surface area (Å²) < 4.78 is 12.6. The highest BCUT2D eigenvalue weighted by Gasteiger charge is 2.30. The molecule has 0 N–H and O–H groups in total. The summed E-state index contributed by atoms with van der Waals surface area (Å²) in [6.45, 7) is 3.32. The average molecular weight is 574 g/mol. The van der Waals surface area contributed by atoms with Gasteiger partial charge in [0, 0.05) is 54.5 Å². The van der Waals surface area contributed by atoms with Gasteiger partial charge in [0.25, 0.3) is 5.91 Å². The highest BCUT2D eigenvalue weighted by molar-refractivity contribution is 14.1. The number of thioether (sulfide) groups is 1. The van der Waals surface area contributed by atoms with E-state index < -0.39 is 0 Å². The fourth-order valence-corrected chi connectivity index (χ4v) is 4.57. The molecular weight excluding hydrogens is 557 g/mol. The molecule has 6 nitrogen and oxygen atoms in total. The Balaban J connectivity index is 1.52. The Kier molecular flexibility index (Phi) is 6.14. The van der Waals surface area contributed by atoms with Gasteiger partial charge in [0.15, 0.2) is 8.93 Å². The van der Waals surface area contributed by atoms with Crippen LogP contribution in [0.15, 0.2) is 49.1 Å². The number of anilines is 1. The van der Waals surface area contributed by atoms with Gasteiger partial charge in [0.1, 0.15) is 5.76 Å². The molecule has 0 bridgehead atoms. The Morgan fingerprint density at radius 3 is 2.61 bits per heavy atom. The minimum absolute atomic E-state index is 0.0868. The fourth-order valence-electron chi connectivity index (χ4n) is 2.89. The molecule has 0 spiro atoms. The maximum absolute atomic E-state index is 12.5. The molecule has 146 valence electrons. The first-order chi connectivity index (χ1) is 13.5. The predicted molar refractivity (Wildman–Crippen MR) is 124 cm³/mol. The van der Waals surface area contributed by atoms with Gasteiger partial charge in [0.05, 0.1) is 28.3 Å².